The number of nitro benzene ring substituents is 1. The topological polar surface area (TPSA) is 97.2 Å². The van der Waals surface area contributed by atoms with Crippen molar-refractivity contribution in [3.63, 3.8) is 0 Å². The number of non-ortho nitro benzene ring substituents is 1. The summed E-state index contributed by atoms with van der Waals surface area (Å²) in [5.41, 5.74) is 1.44. The summed E-state index contributed by atoms with van der Waals surface area (Å²) < 4.78 is 1.12. The van der Waals surface area contributed by atoms with E-state index in [1.165, 1.54) is 24.3 Å². The number of para-hydroxylation sites is 1. The summed E-state index contributed by atoms with van der Waals surface area (Å²) in [7, 11) is 0. The number of carbonyl (C=O) groups excluding carboxylic acids is 1. The zero-order valence-corrected chi connectivity index (χ0v) is 14.2. The number of hydrogen-bond acceptors (Lipinski definition) is 5. The highest BCUT2D eigenvalue weighted by atomic mass is 32.1. The summed E-state index contributed by atoms with van der Waals surface area (Å²) in [6.45, 7) is 2.45. The van der Waals surface area contributed by atoms with Crippen LogP contribution in [0.25, 0.3) is 10.2 Å². The molecule has 3 aromatic rings. The van der Waals surface area contributed by atoms with Crippen molar-refractivity contribution in [2.24, 2.45) is 0 Å². The van der Waals surface area contributed by atoms with Gasteiger partial charge < -0.3 is 10.6 Å². The fraction of sp³-hybridized carbons (Fsp3) is 0.176. The number of nitrogens with zero attached hydrogens (tertiary/aromatic N) is 2. The molecular formula is C17H16N4O3S. The van der Waals surface area contributed by atoms with Crippen LogP contribution in [0.2, 0.25) is 0 Å². The van der Waals surface area contributed by atoms with Crippen LogP contribution < -0.4 is 10.6 Å². The number of benzene rings is 2. The van der Waals surface area contributed by atoms with Crippen LogP contribution in [0.3, 0.4) is 0 Å². The van der Waals surface area contributed by atoms with Crippen LogP contribution in [0, 0.1) is 10.1 Å². The minimum absolute atomic E-state index is 0.0181. The normalized spacial score (nSPS) is 11.9. The van der Waals surface area contributed by atoms with Crippen molar-refractivity contribution in [1.82, 2.24) is 10.3 Å². The van der Waals surface area contributed by atoms with Gasteiger partial charge in [0.25, 0.3) is 5.69 Å². The van der Waals surface area contributed by atoms with Gasteiger partial charge in [-0.15, -0.1) is 11.3 Å². The van der Waals surface area contributed by atoms with E-state index in [2.05, 4.69) is 15.6 Å². The third-order valence-corrected chi connectivity index (χ3v) is 4.90. The molecule has 0 bridgehead atoms. The molecule has 0 saturated carbocycles. The number of nitro groups is 1. The summed E-state index contributed by atoms with van der Waals surface area (Å²) >= 11 is 1.62. The fourth-order valence-electron chi connectivity index (χ4n) is 2.28. The van der Waals surface area contributed by atoms with Gasteiger partial charge in [-0.3, -0.25) is 10.1 Å². The molecule has 1 unspecified atom stereocenters. The van der Waals surface area contributed by atoms with Gasteiger partial charge in [-0.2, -0.15) is 0 Å². The molecule has 0 spiro atoms. The second-order valence-electron chi connectivity index (χ2n) is 5.56. The number of fused-ring (bicyclic) bond motifs is 1. The second-order valence-corrected chi connectivity index (χ2v) is 6.62. The van der Waals surface area contributed by atoms with Gasteiger partial charge in [0.1, 0.15) is 0 Å². The van der Waals surface area contributed by atoms with Crippen LogP contribution in [0.4, 0.5) is 16.2 Å². The maximum Gasteiger partial charge on any atom is 0.319 e. The van der Waals surface area contributed by atoms with E-state index in [1.54, 1.807) is 11.3 Å². The summed E-state index contributed by atoms with van der Waals surface area (Å²) in [6, 6.07) is 13.2. The van der Waals surface area contributed by atoms with E-state index in [4.69, 9.17) is 0 Å². The molecule has 0 radical (unpaired) electrons. The molecule has 8 heteroatoms. The molecule has 0 aliphatic rings. The Morgan fingerprint density at radius 3 is 2.64 bits per heavy atom. The van der Waals surface area contributed by atoms with E-state index < -0.39 is 4.92 Å². The monoisotopic (exact) mass is 356 g/mol. The molecule has 25 heavy (non-hydrogen) atoms. The lowest BCUT2D eigenvalue weighted by atomic mass is 10.2. The molecule has 0 saturated heterocycles. The van der Waals surface area contributed by atoms with Gasteiger partial charge in [0.2, 0.25) is 0 Å². The number of hydrogen-bond donors (Lipinski definition) is 2. The zero-order chi connectivity index (χ0) is 17.8. The summed E-state index contributed by atoms with van der Waals surface area (Å²) in [5.74, 6) is 0.0833. The largest absolute Gasteiger partial charge is 0.337 e. The quantitative estimate of drug-likeness (QED) is 0.530. The van der Waals surface area contributed by atoms with Crippen LogP contribution in [0.15, 0.2) is 48.5 Å². The highest BCUT2D eigenvalue weighted by molar-refractivity contribution is 7.18. The number of thiazole rings is 1. The zero-order valence-electron chi connectivity index (χ0n) is 13.4. The molecular weight excluding hydrogens is 340 g/mol. The number of aromatic nitrogens is 1. The minimum atomic E-state index is -0.483. The Balaban J connectivity index is 1.55. The summed E-state index contributed by atoms with van der Waals surface area (Å²) in [6.07, 6.45) is 0. The smallest absolute Gasteiger partial charge is 0.319 e. The third kappa shape index (κ3) is 4.10. The standard InChI is InChI=1S/C17H16N4O3S/c1-11(16-20-14-4-2-3-5-15(14)25-16)10-18-17(22)19-12-6-8-13(9-7-12)21(23)24/h2-9,11H,10H2,1H3,(H2,18,19,22). The fourth-order valence-corrected chi connectivity index (χ4v) is 3.29. The van der Waals surface area contributed by atoms with Gasteiger partial charge in [0.05, 0.1) is 20.1 Å². The van der Waals surface area contributed by atoms with E-state index in [1.807, 2.05) is 31.2 Å². The first kappa shape index (κ1) is 16.8. The van der Waals surface area contributed by atoms with Crippen molar-refractivity contribution >= 4 is 39.0 Å². The Bertz CT molecular complexity index is 875. The Morgan fingerprint density at radius 2 is 1.96 bits per heavy atom. The van der Waals surface area contributed by atoms with Crippen LogP contribution in [-0.2, 0) is 0 Å². The number of anilines is 1. The summed E-state index contributed by atoms with van der Waals surface area (Å²) in [5, 5.41) is 17.0. The number of rotatable bonds is 5. The number of carbonyl (C=O) groups is 1. The van der Waals surface area contributed by atoms with E-state index in [0.717, 1.165) is 15.2 Å². The first-order valence-corrected chi connectivity index (χ1v) is 8.49. The predicted molar refractivity (Wildman–Crippen MR) is 98.2 cm³/mol. The molecule has 128 valence electrons. The van der Waals surface area contributed by atoms with E-state index in [0.29, 0.717) is 12.2 Å². The van der Waals surface area contributed by atoms with Gasteiger partial charge in [0, 0.05) is 30.3 Å². The molecule has 2 aromatic carbocycles. The first-order chi connectivity index (χ1) is 12.0. The average Bonchev–Trinajstić information content (AvgIpc) is 3.04. The lowest BCUT2D eigenvalue weighted by Crippen LogP contribution is -2.31. The van der Waals surface area contributed by atoms with Crippen molar-refractivity contribution < 1.29 is 9.72 Å². The van der Waals surface area contributed by atoms with E-state index in [-0.39, 0.29) is 17.6 Å². The Hall–Kier alpha value is -3.00. The second kappa shape index (κ2) is 7.27. The molecule has 1 aromatic heterocycles. The maximum absolute atomic E-state index is 12.0. The molecule has 0 aliphatic carbocycles. The van der Waals surface area contributed by atoms with Gasteiger partial charge in [0.15, 0.2) is 0 Å². The molecule has 7 nitrogen and oxygen atoms in total. The molecule has 2 N–H and O–H groups in total. The predicted octanol–water partition coefficient (Wildman–Crippen LogP) is 4.13. The molecule has 0 fully saturated rings. The minimum Gasteiger partial charge on any atom is -0.337 e. The Kier molecular flexibility index (Phi) is 4.90. The lowest BCUT2D eigenvalue weighted by molar-refractivity contribution is -0.384. The first-order valence-electron chi connectivity index (χ1n) is 7.67. The highest BCUT2D eigenvalue weighted by Gasteiger charge is 2.13. The molecule has 3 rings (SSSR count). The van der Waals surface area contributed by atoms with Crippen LogP contribution in [-0.4, -0.2) is 22.5 Å². The Labute approximate surface area is 147 Å². The molecule has 0 aliphatic heterocycles. The number of amides is 2. The Morgan fingerprint density at radius 1 is 1.24 bits per heavy atom. The van der Waals surface area contributed by atoms with E-state index >= 15 is 0 Å². The van der Waals surface area contributed by atoms with Gasteiger partial charge >= 0.3 is 6.03 Å². The van der Waals surface area contributed by atoms with Gasteiger partial charge in [-0.1, -0.05) is 19.1 Å². The number of nitrogens with one attached hydrogen (secondary N) is 2. The van der Waals surface area contributed by atoms with Crippen molar-refractivity contribution in [1.29, 1.82) is 0 Å². The molecule has 1 atom stereocenters. The maximum atomic E-state index is 12.0. The van der Waals surface area contributed by atoms with Crippen molar-refractivity contribution in [3.05, 3.63) is 63.7 Å². The molecule has 2 amide bonds. The van der Waals surface area contributed by atoms with Crippen molar-refractivity contribution in [2.45, 2.75) is 12.8 Å². The summed E-state index contributed by atoms with van der Waals surface area (Å²) in [4.78, 5) is 26.7. The van der Waals surface area contributed by atoms with E-state index in [9.17, 15) is 14.9 Å². The van der Waals surface area contributed by atoms with Crippen LogP contribution >= 0.6 is 11.3 Å². The van der Waals surface area contributed by atoms with Crippen molar-refractivity contribution in [3.8, 4) is 0 Å². The van der Waals surface area contributed by atoms with Crippen LogP contribution in [0.1, 0.15) is 17.8 Å². The highest BCUT2D eigenvalue weighted by Crippen LogP contribution is 2.26. The van der Waals surface area contributed by atoms with Gasteiger partial charge in [-0.05, 0) is 24.3 Å². The SMILES string of the molecule is CC(CNC(=O)Nc1ccc([N+](=O)[O-])cc1)c1nc2ccccc2s1. The van der Waals surface area contributed by atoms with Gasteiger partial charge in [-0.25, -0.2) is 9.78 Å². The lowest BCUT2D eigenvalue weighted by Gasteiger charge is -2.11. The van der Waals surface area contributed by atoms with Crippen LogP contribution in [0.5, 0.6) is 0 Å². The average molecular weight is 356 g/mol. The number of urea groups is 1. The third-order valence-electron chi connectivity index (χ3n) is 3.64. The molecule has 1 heterocycles. The van der Waals surface area contributed by atoms with Crippen molar-refractivity contribution in [2.75, 3.05) is 11.9 Å².